The Morgan fingerprint density at radius 3 is 2.56 bits per heavy atom. The van der Waals surface area contributed by atoms with Gasteiger partial charge in [0, 0.05) is 23.6 Å². The standard InChI is InChI=1S/C12H23NO2S/c1-4-5-6-15-12(14)9-13-7-10(2)16-11(3)8-13/h10-11H,4-9H2,1-3H3. The van der Waals surface area contributed by atoms with E-state index in [0.717, 1.165) is 25.9 Å². The molecule has 0 spiro atoms. The predicted molar refractivity (Wildman–Crippen MR) is 68.8 cm³/mol. The molecule has 16 heavy (non-hydrogen) atoms. The van der Waals surface area contributed by atoms with Crippen molar-refractivity contribution in [2.75, 3.05) is 26.2 Å². The fraction of sp³-hybridized carbons (Fsp3) is 0.917. The molecule has 0 bridgehead atoms. The van der Waals surface area contributed by atoms with Crippen LogP contribution in [0, 0.1) is 0 Å². The van der Waals surface area contributed by atoms with Crippen LogP contribution in [0.1, 0.15) is 33.6 Å². The van der Waals surface area contributed by atoms with Gasteiger partial charge in [-0.3, -0.25) is 9.69 Å². The van der Waals surface area contributed by atoms with Crippen LogP contribution in [0.5, 0.6) is 0 Å². The van der Waals surface area contributed by atoms with Crippen molar-refractivity contribution in [3.63, 3.8) is 0 Å². The van der Waals surface area contributed by atoms with Crippen molar-refractivity contribution in [1.29, 1.82) is 0 Å². The van der Waals surface area contributed by atoms with Crippen molar-refractivity contribution in [3.8, 4) is 0 Å². The summed E-state index contributed by atoms with van der Waals surface area (Å²) in [5, 5.41) is 1.24. The fourth-order valence-corrected chi connectivity index (χ4v) is 3.36. The minimum Gasteiger partial charge on any atom is -0.465 e. The van der Waals surface area contributed by atoms with Crippen LogP contribution in [-0.4, -0.2) is 47.6 Å². The first kappa shape index (κ1) is 13.8. The lowest BCUT2D eigenvalue weighted by Crippen LogP contribution is -2.43. The van der Waals surface area contributed by atoms with Crippen LogP contribution < -0.4 is 0 Å². The van der Waals surface area contributed by atoms with Gasteiger partial charge in [-0.05, 0) is 6.42 Å². The smallest absolute Gasteiger partial charge is 0.320 e. The second kappa shape index (κ2) is 7.17. The molecule has 1 rings (SSSR count). The molecule has 4 heteroatoms. The van der Waals surface area contributed by atoms with Gasteiger partial charge in [0.05, 0.1) is 13.2 Å². The normalized spacial score (nSPS) is 26.7. The number of ether oxygens (including phenoxy) is 1. The lowest BCUT2D eigenvalue weighted by Gasteiger charge is -2.33. The van der Waals surface area contributed by atoms with Gasteiger partial charge >= 0.3 is 5.97 Å². The Kier molecular flexibility index (Phi) is 6.21. The SMILES string of the molecule is CCCCOC(=O)CN1CC(C)SC(C)C1. The highest BCUT2D eigenvalue weighted by molar-refractivity contribution is 8.00. The maximum atomic E-state index is 11.5. The first-order valence-corrected chi connectivity index (χ1v) is 7.09. The predicted octanol–water partition coefficient (Wildman–Crippen LogP) is 2.16. The number of hydrogen-bond acceptors (Lipinski definition) is 4. The van der Waals surface area contributed by atoms with Gasteiger partial charge in [-0.2, -0.15) is 11.8 Å². The van der Waals surface area contributed by atoms with E-state index in [2.05, 4.69) is 25.7 Å². The van der Waals surface area contributed by atoms with E-state index in [1.165, 1.54) is 0 Å². The van der Waals surface area contributed by atoms with Gasteiger partial charge in [0.1, 0.15) is 0 Å². The van der Waals surface area contributed by atoms with Gasteiger partial charge in [-0.1, -0.05) is 27.2 Å². The molecule has 0 amide bonds. The molecule has 1 saturated heterocycles. The molecule has 0 aromatic rings. The first-order chi connectivity index (χ1) is 7.61. The number of carbonyl (C=O) groups excluding carboxylic acids is 1. The Balaban J connectivity index is 2.22. The van der Waals surface area contributed by atoms with Crippen LogP contribution >= 0.6 is 11.8 Å². The molecule has 2 unspecified atom stereocenters. The number of rotatable bonds is 5. The number of thioether (sulfide) groups is 1. The Morgan fingerprint density at radius 1 is 1.38 bits per heavy atom. The lowest BCUT2D eigenvalue weighted by atomic mass is 10.3. The maximum absolute atomic E-state index is 11.5. The van der Waals surface area contributed by atoms with E-state index >= 15 is 0 Å². The fourth-order valence-electron chi connectivity index (χ4n) is 1.97. The summed E-state index contributed by atoms with van der Waals surface area (Å²) in [6, 6.07) is 0. The van der Waals surface area contributed by atoms with E-state index in [0.29, 0.717) is 23.7 Å². The zero-order valence-corrected chi connectivity index (χ0v) is 11.4. The summed E-state index contributed by atoms with van der Waals surface area (Å²) in [6.45, 7) is 9.56. The zero-order chi connectivity index (χ0) is 12.0. The summed E-state index contributed by atoms with van der Waals surface area (Å²) in [5.74, 6) is -0.0697. The highest BCUT2D eigenvalue weighted by Gasteiger charge is 2.23. The third kappa shape index (κ3) is 5.21. The van der Waals surface area contributed by atoms with E-state index in [4.69, 9.17) is 4.74 Å². The summed E-state index contributed by atoms with van der Waals surface area (Å²) >= 11 is 2.00. The van der Waals surface area contributed by atoms with Gasteiger partial charge in [0.2, 0.25) is 0 Å². The van der Waals surface area contributed by atoms with Gasteiger partial charge in [-0.25, -0.2) is 0 Å². The summed E-state index contributed by atoms with van der Waals surface area (Å²) in [6.07, 6.45) is 2.04. The summed E-state index contributed by atoms with van der Waals surface area (Å²) < 4.78 is 5.17. The Labute approximate surface area is 103 Å². The van der Waals surface area contributed by atoms with Crippen LogP contribution in [-0.2, 0) is 9.53 Å². The van der Waals surface area contributed by atoms with Crippen molar-refractivity contribution < 1.29 is 9.53 Å². The molecule has 1 heterocycles. The lowest BCUT2D eigenvalue weighted by molar-refractivity contribution is -0.145. The molecule has 0 aromatic heterocycles. The van der Waals surface area contributed by atoms with Crippen molar-refractivity contribution in [2.45, 2.75) is 44.1 Å². The Bertz CT molecular complexity index is 213. The molecule has 94 valence electrons. The molecule has 0 aliphatic carbocycles. The van der Waals surface area contributed by atoms with Crippen LogP contribution in [0.4, 0.5) is 0 Å². The second-order valence-electron chi connectivity index (χ2n) is 4.53. The van der Waals surface area contributed by atoms with E-state index in [1.54, 1.807) is 0 Å². The largest absolute Gasteiger partial charge is 0.465 e. The average Bonchev–Trinajstić information content (AvgIpc) is 2.16. The molecule has 1 aliphatic heterocycles. The van der Waals surface area contributed by atoms with E-state index in [1.807, 2.05) is 11.8 Å². The number of hydrogen-bond donors (Lipinski definition) is 0. The molecule has 0 radical (unpaired) electrons. The molecular formula is C12H23NO2S. The Morgan fingerprint density at radius 2 is 2.00 bits per heavy atom. The minimum absolute atomic E-state index is 0.0697. The van der Waals surface area contributed by atoms with Crippen molar-refractivity contribution >= 4 is 17.7 Å². The quantitative estimate of drug-likeness (QED) is 0.548. The zero-order valence-electron chi connectivity index (χ0n) is 10.6. The number of carbonyl (C=O) groups is 1. The molecule has 0 saturated carbocycles. The monoisotopic (exact) mass is 245 g/mol. The number of nitrogens with zero attached hydrogens (tertiary/aromatic N) is 1. The highest BCUT2D eigenvalue weighted by atomic mass is 32.2. The topological polar surface area (TPSA) is 29.5 Å². The van der Waals surface area contributed by atoms with Gasteiger partial charge in [-0.15, -0.1) is 0 Å². The molecule has 3 nitrogen and oxygen atoms in total. The second-order valence-corrected chi connectivity index (χ2v) is 6.41. The van der Waals surface area contributed by atoms with E-state index in [9.17, 15) is 4.79 Å². The Hall–Kier alpha value is -0.220. The van der Waals surface area contributed by atoms with Gasteiger partial charge in [0.15, 0.2) is 0 Å². The molecule has 0 aromatic carbocycles. The van der Waals surface area contributed by atoms with Gasteiger partial charge < -0.3 is 4.74 Å². The van der Waals surface area contributed by atoms with Crippen molar-refractivity contribution in [1.82, 2.24) is 4.90 Å². The molecule has 0 N–H and O–H groups in total. The highest BCUT2D eigenvalue weighted by Crippen LogP contribution is 2.24. The summed E-state index contributed by atoms with van der Waals surface area (Å²) in [7, 11) is 0. The molecular weight excluding hydrogens is 222 g/mol. The molecule has 1 aliphatic rings. The summed E-state index contributed by atoms with van der Waals surface area (Å²) in [5.41, 5.74) is 0. The third-order valence-corrected chi connectivity index (χ3v) is 3.84. The maximum Gasteiger partial charge on any atom is 0.320 e. The van der Waals surface area contributed by atoms with Gasteiger partial charge in [0.25, 0.3) is 0 Å². The number of esters is 1. The van der Waals surface area contributed by atoms with Crippen molar-refractivity contribution in [2.24, 2.45) is 0 Å². The third-order valence-electron chi connectivity index (χ3n) is 2.61. The van der Waals surface area contributed by atoms with Crippen LogP contribution in [0.3, 0.4) is 0 Å². The van der Waals surface area contributed by atoms with Crippen LogP contribution in [0.2, 0.25) is 0 Å². The minimum atomic E-state index is -0.0697. The number of unbranched alkanes of at least 4 members (excludes halogenated alkanes) is 1. The van der Waals surface area contributed by atoms with Crippen molar-refractivity contribution in [3.05, 3.63) is 0 Å². The van der Waals surface area contributed by atoms with Crippen LogP contribution in [0.25, 0.3) is 0 Å². The van der Waals surface area contributed by atoms with E-state index in [-0.39, 0.29) is 5.97 Å². The summed E-state index contributed by atoms with van der Waals surface area (Å²) in [4.78, 5) is 13.7. The molecule has 2 atom stereocenters. The van der Waals surface area contributed by atoms with Crippen LogP contribution in [0.15, 0.2) is 0 Å². The molecule has 1 fully saturated rings. The first-order valence-electron chi connectivity index (χ1n) is 6.15. The van der Waals surface area contributed by atoms with E-state index < -0.39 is 0 Å². The average molecular weight is 245 g/mol.